The molecule has 162 valence electrons. The largest absolute Gasteiger partial charge is 0.497 e. The monoisotopic (exact) mass is 421 g/mol. The summed E-state index contributed by atoms with van der Waals surface area (Å²) in [6.45, 7) is 2.92. The fourth-order valence-electron chi connectivity index (χ4n) is 3.44. The number of hydrogen-bond acceptors (Lipinski definition) is 4. The second-order valence-electron chi connectivity index (χ2n) is 7.42. The Bertz CT molecular complexity index is 878. The lowest BCUT2D eigenvalue weighted by molar-refractivity contribution is -0.136. The molecule has 2 aromatic rings. The molecule has 2 aromatic carbocycles. The zero-order chi connectivity index (χ0) is 21.7. The first-order chi connectivity index (χ1) is 14.3. The minimum atomic E-state index is -4.56. The summed E-state index contributed by atoms with van der Waals surface area (Å²) in [6.07, 6.45) is -4.08. The van der Waals surface area contributed by atoms with Gasteiger partial charge < -0.3 is 19.9 Å². The van der Waals surface area contributed by atoms with E-state index in [1.165, 1.54) is 6.07 Å². The lowest BCUT2D eigenvalue weighted by atomic mass is 10.1. The van der Waals surface area contributed by atoms with E-state index >= 15 is 0 Å². The van der Waals surface area contributed by atoms with E-state index in [2.05, 4.69) is 10.2 Å². The molecular weight excluding hydrogens is 395 g/mol. The maximum atomic E-state index is 13.7. The number of aryl methyl sites for hydroxylation is 1. The van der Waals surface area contributed by atoms with Crippen molar-refractivity contribution in [2.24, 2.45) is 0 Å². The van der Waals surface area contributed by atoms with Crippen LogP contribution in [0.1, 0.15) is 17.5 Å². The number of alkyl halides is 3. The van der Waals surface area contributed by atoms with Crippen molar-refractivity contribution in [3.63, 3.8) is 0 Å². The van der Waals surface area contributed by atoms with Crippen LogP contribution >= 0.6 is 0 Å². The number of ether oxygens (including phenoxy) is 1. The van der Waals surface area contributed by atoms with Gasteiger partial charge in [-0.25, -0.2) is 0 Å². The molecule has 0 aliphatic carbocycles. The highest BCUT2D eigenvalue weighted by Crippen LogP contribution is 2.37. The number of hydrogen-bond donors (Lipinski definition) is 1. The molecule has 0 spiro atoms. The maximum absolute atomic E-state index is 13.7. The van der Waals surface area contributed by atoms with E-state index in [1.54, 1.807) is 25.3 Å². The SMILES string of the molecule is COc1cccc(CCC(=O)Nc2ccc(N3CCN(C)CC3)cc2C(F)(F)F)c1. The number of halogens is 3. The van der Waals surface area contributed by atoms with Crippen molar-refractivity contribution in [1.29, 1.82) is 0 Å². The Morgan fingerprint density at radius 2 is 1.83 bits per heavy atom. The van der Waals surface area contributed by atoms with Gasteiger partial charge in [0, 0.05) is 38.3 Å². The van der Waals surface area contributed by atoms with Gasteiger partial charge in [0.05, 0.1) is 18.4 Å². The summed E-state index contributed by atoms with van der Waals surface area (Å²) >= 11 is 0. The summed E-state index contributed by atoms with van der Waals surface area (Å²) in [5.41, 5.74) is 0.362. The Labute approximate surface area is 174 Å². The molecule has 1 fully saturated rings. The highest BCUT2D eigenvalue weighted by molar-refractivity contribution is 5.92. The van der Waals surface area contributed by atoms with Crippen LogP contribution in [0.25, 0.3) is 0 Å². The minimum absolute atomic E-state index is 0.0741. The lowest BCUT2D eigenvalue weighted by Gasteiger charge is -2.34. The molecule has 0 unspecified atom stereocenters. The summed E-state index contributed by atoms with van der Waals surface area (Å²) in [5, 5.41) is 2.44. The van der Waals surface area contributed by atoms with Crippen molar-refractivity contribution in [2.75, 3.05) is 50.6 Å². The van der Waals surface area contributed by atoms with Gasteiger partial charge in [0.15, 0.2) is 0 Å². The number of carbonyl (C=O) groups excluding carboxylic acids is 1. The van der Waals surface area contributed by atoms with Crippen LogP contribution in [0, 0.1) is 0 Å². The van der Waals surface area contributed by atoms with Gasteiger partial charge in [-0.2, -0.15) is 13.2 Å². The van der Waals surface area contributed by atoms with E-state index in [9.17, 15) is 18.0 Å². The Balaban J connectivity index is 1.70. The number of anilines is 2. The van der Waals surface area contributed by atoms with E-state index < -0.39 is 17.6 Å². The summed E-state index contributed by atoms with van der Waals surface area (Å²) in [5.74, 6) is 0.211. The zero-order valence-corrected chi connectivity index (χ0v) is 17.1. The molecule has 30 heavy (non-hydrogen) atoms. The third-order valence-corrected chi connectivity index (χ3v) is 5.23. The van der Waals surface area contributed by atoms with E-state index in [1.807, 2.05) is 24.1 Å². The maximum Gasteiger partial charge on any atom is 0.418 e. The van der Waals surface area contributed by atoms with Crippen LogP contribution in [0.5, 0.6) is 5.75 Å². The van der Waals surface area contributed by atoms with Gasteiger partial charge in [0.2, 0.25) is 5.91 Å². The number of methoxy groups -OCH3 is 1. The third-order valence-electron chi connectivity index (χ3n) is 5.23. The Morgan fingerprint density at radius 1 is 1.10 bits per heavy atom. The number of benzene rings is 2. The van der Waals surface area contributed by atoms with Gasteiger partial charge in [-0.1, -0.05) is 12.1 Å². The molecule has 8 heteroatoms. The number of carbonyl (C=O) groups is 1. The fourth-order valence-corrected chi connectivity index (χ4v) is 3.44. The molecule has 0 saturated carbocycles. The molecule has 3 rings (SSSR count). The Morgan fingerprint density at radius 3 is 2.50 bits per heavy atom. The van der Waals surface area contributed by atoms with Crippen LogP contribution in [0.3, 0.4) is 0 Å². The topological polar surface area (TPSA) is 44.8 Å². The first-order valence-corrected chi connectivity index (χ1v) is 9.84. The first kappa shape index (κ1) is 22.0. The highest BCUT2D eigenvalue weighted by atomic mass is 19.4. The number of piperazine rings is 1. The van der Waals surface area contributed by atoms with Gasteiger partial charge in [-0.3, -0.25) is 4.79 Å². The third kappa shape index (κ3) is 5.66. The van der Waals surface area contributed by atoms with Crippen LogP contribution in [0.15, 0.2) is 42.5 Å². The van der Waals surface area contributed by atoms with E-state index in [-0.39, 0.29) is 12.1 Å². The standard InChI is InChI=1S/C22H26F3N3O2/c1-27-10-12-28(13-11-27)17-7-8-20(19(15-17)22(23,24)25)26-21(29)9-6-16-4-3-5-18(14-16)30-2/h3-5,7-8,14-15H,6,9-13H2,1-2H3,(H,26,29). The number of rotatable bonds is 6. The van der Waals surface area contributed by atoms with Crippen molar-refractivity contribution in [3.05, 3.63) is 53.6 Å². The molecule has 1 amide bonds. The average molecular weight is 421 g/mol. The second kappa shape index (κ2) is 9.38. The molecule has 0 radical (unpaired) electrons. The van der Waals surface area contributed by atoms with E-state index in [0.717, 1.165) is 24.7 Å². The summed E-state index contributed by atoms with van der Waals surface area (Å²) < 4.78 is 46.1. The number of likely N-dealkylation sites (N-methyl/N-ethyl adjacent to an activating group) is 1. The quantitative estimate of drug-likeness (QED) is 0.765. The normalized spacial score (nSPS) is 15.2. The zero-order valence-electron chi connectivity index (χ0n) is 17.1. The smallest absolute Gasteiger partial charge is 0.418 e. The Kier molecular flexibility index (Phi) is 6.87. The average Bonchev–Trinajstić information content (AvgIpc) is 2.72. The lowest BCUT2D eigenvalue weighted by Crippen LogP contribution is -2.44. The fraction of sp³-hybridized carbons (Fsp3) is 0.409. The van der Waals surface area contributed by atoms with Gasteiger partial charge in [-0.15, -0.1) is 0 Å². The number of amides is 1. The van der Waals surface area contributed by atoms with Crippen molar-refractivity contribution in [1.82, 2.24) is 4.90 Å². The van der Waals surface area contributed by atoms with Crippen LogP contribution in [-0.2, 0) is 17.4 Å². The minimum Gasteiger partial charge on any atom is -0.497 e. The summed E-state index contributed by atoms with van der Waals surface area (Å²) in [6, 6.07) is 11.4. The molecule has 0 bridgehead atoms. The molecule has 0 aromatic heterocycles. The van der Waals surface area contributed by atoms with E-state index in [0.29, 0.717) is 30.9 Å². The first-order valence-electron chi connectivity index (χ1n) is 9.84. The van der Waals surface area contributed by atoms with Gasteiger partial charge in [-0.05, 0) is 49.4 Å². The molecule has 1 saturated heterocycles. The predicted molar refractivity (Wildman–Crippen MR) is 111 cm³/mol. The molecule has 5 nitrogen and oxygen atoms in total. The van der Waals surface area contributed by atoms with Gasteiger partial charge >= 0.3 is 6.18 Å². The van der Waals surface area contributed by atoms with Gasteiger partial charge in [0.1, 0.15) is 5.75 Å². The molecule has 0 atom stereocenters. The number of nitrogens with zero attached hydrogens (tertiary/aromatic N) is 2. The van der Waals surface area contributed by atoms with Crippen LogP contribution in [0.4, 0.5) is 24.5 Å². The molecule has 1 heterocycles. The molecule has 1 N–H and O–H groups in total. The van der Waals surface area contributed by atoms with Crippen molar-refractivity contribution < 1.29 is 22.7 Å². The Hall–Kier alpha value is -2.74. The molecular formula is C22H26F3N3O2. The second-order valence-corrected chi connectivity index (χ2v) is 7.42. The van der Waals surface area contributed by atoms with Gasteiger partial charge in [0.25, 0.3) is 0 Å². The van der Waals surface area contributed by atoms with Crippen molar-refractivity contribution >= 4 is 17.3 Å². The van der Waals surface area contributed by atoms with Crippen LogP contribution in [0.2, 0.25) is 0 Å². The molecule has 1 aliphatic heterocycles. The van der Waals surface area contributed by atoms with Crippen LogP contribution < -0.4 is 15.0 Å². The summed E-state index contributed by atoms with van der Waals surface area (Å²) in [7, 11) is 3.54. The summed E-state index contributed by atoms with van der Waals surface area (Å²) in [4.78, 5) is 16.4. The highest BCUT2D eigenvalue weighted by Gasteiger charge is 2.35. The van der Waals surface area contributed by atoms with Crippen molar-refractivity contribution in [3.8, 4) is 5.75 Å². The number of nitrogens with one attached hydrogen (secondary N) is 1. The predicted octanol–water partition coefficient (Wildman–Crippen LogP) is 4.04. The van der Waals surface area contributed by atoms with E-state index in [4.69, 9.17) is 4.74 Å². The van der Waals surface area contributed by atoms with Crippen LogP contribution in [-0.4, -0.2) is 51.1 Å². The van der Waals surface area contributed by atoms with Crippen molar-refractivity contribution in [2.45, 2.75) is 19.0 Å². The molecule has 1 aliphatic rings.